The normalized spacial score (nSPS) is 28.8. The van der Waals surface area contributed by atoms with Gasteiger partial charge in [0.25, 0.3) is 0 Å². The maximum Gasteiger partial charge on any atom is 0.230 e. The van der Waals surface area contributed by atoms with Gasteiger partial charge in [-0.2, -0.15) is 11.8 Å². The molecule has 1 aromatic rings. The topological polar surface area (TPSA) is 87.6 Å². The van der Waals surface area contributed by atoms with Gasteiger partial charge in [0, 0.05) is 44.2 Å². The van der Waals surface area contributed by atoms with Gasteiger partial charge in [-0.3, -0.25) is 9.69 Å². The van der Waals surface area contributed by atoms with Crippen molar-refractivity contribution in [3.63, 3.8) is 0 Å². The van der Waals surface area contributed by atoms with Gasteiger partial charge in [-0.05, 0) is 32.4 Å². The Balaban J connectivity index is 1.62. The number of hydrogen-bond donors (Lipinski definition) is 2. The largest absolute Gasteiger partial charge is 0.388 e. The number of nitrogens with one attached hydrogen (secondary N) is 1. The fourth-order valence-corrected chi connectivity index (χ4v) is 4.39. The highest BCUT2D eigenvalue weighted by atomic mass is 32.2. The van der Waals surface area contributed by atoms with Crippen LogP contribution in [0.1, 0.15) is 31.7 Å². The molecule has 2 atom stereocenters. The maximum absolute atomic E-state index is 12.1. The summed E-state index contributed by atoms with van der Waals surface area (Å²) >= 11 is 1.48. The molecule has 26 heavy (non-hydrogen) atoms. The van der Waals surface area contributed by atoms with Crippen molar-refractivity contribution >= 4 is 17.7 Å². The Morgan fingerprint density at radius 2 is 2.08 bits per heavy atom. The van der Waals surface area contributed by atoms with E-state index in [9.17, 15) is 9.90 Å². The number of likely N-dealkylation sites (tertiary alicyclic amines) is 1. The first-order chi connectivity index (χ1) is 12.5. The predicted octanol–water partition coefficient (Wildman–Crippen LogP) is 0.830. The second-order valence-electron chi connectivity index (χ2n) is 7.49. The molecule has 0 bridgehead atoms. The van der Waals surface area contributed by atoms with Crippen LogP contribution in [-0.2, 0) is 16.1 Å². The average Bonchev–Trinajstić information content (AvgIpc) is 2.63. The Morgan fingerprint density at radius 3 is 2.73 bits per heavy atom. The van der Waals surface area contributed by atoms with E-state index in [0.29, 0.717) is 18.8 Å². The molecule has 7 nitrogen and oxygen atoms in total. The predicted molar refractivity (Wildman–Crippen MR) is 101 cm³/mol. The molecule has 0 radical (unpaired) electrons. The smallest absolute Gasteiger partial charge is 0.230 e. The third kappa shape index (κ3) is 4.19. The number of carbonyl (C=O) groups excluding carboxylic acids is 1. The second-order valence-corrected chi connectivity index (χ2v) is 8.35. The molecule has 0 saturated carbocycles. The number of nitrogens with zero attached hydrogens (tertiary/aromatic N) is 3. The summed E-state index contributed by atoms with van der Waals surface area (Å²) in [7, 11) is 0. The molecule has 0 unspecified atom stereocenters. The minimum Gasteiger partial charge on any atom is -0.388 e. The lowest BCUT2D eigenvalue weighted by atomic mass is 9.73. The van der Waals surface area contributed by atoms with E-state index in [1.54, 1.807) is 0 Å². The lowest BCUT2D eigenvalue weighted by molar-refractivity contribution is -0.208. The van der Waals surface area contributed by atoms with E-state index in [2.05, 4.69) is 20.2 Å². The van der Waals surface area contributed by atoms with Crippen molar-refractivity contribution in [2.45, 2.75) is 50.0 Å². The van der Waals surface area contributed by atoms with Crippen LogP contribution in [-0.4, -0.2) is 74.8 Å². The number of rotatable bonds is 5. The van der Waals surface area contributed by atoms with Crippen LogP contribution in [0.4, 0.5) is 0 Å². The molecule has 0 aliphatic carbocycles. The number of aromatic nitrogens is 2. The van der Waals surface area contributed by atoms with E-state index < -0.39 is 17.2 Å². The fraction of sp³-hybridized carbons (Fsp3) is 0.722. The van der Waals surface area contributed by atoms with Crippen molar-refractivity contribution in [2.24, 2.45) is 0 Å². The van der Waals surface area contributed by atoms with Crippen molar-refractivity contribution in [2.75, 3.05) is 31.7 Å². The monoisotopic (exact) mass is 380 g/mol. The molecular formula is C18H28N4O3S. The molecule has 1 aromatic heterocycles. The fourth-order valence-electron chi connectivity index (χ4n) is 4.06. The summed E-state index contributed by atoms with van der Waals surface area (Å²) in [6.45, 7) is 4.96. The number of ether oxygens (including phenoxy) is 1. The Morgan fingerprint density at radius 1 is 1.38 bits per heavy atom. The molecule has 2 aliphatic rings. The standard InChI is InChI=1S/C18H28N4O3S/c1-17(21-15(23)12-26-2)5-8-25-18(16(17)24)3-6-22(7-4-18)11-14-9-19-13-20-10-14/h9-10,13,16,24H,3-8,11-12H2,1-2H3,(H,21,23)/t16-,17+/m0/s1. The van der Waals surface area contributed by atoms with Crippen molar-refractivity contribution in [1.29, 1.82) is 0 Å². The molecular weight excluding hydrogens is 352 g/mol. The van der Waals surface area contributed by atoms with Crippen LogP contribution in [0, 0.1) is 0 Å². The molecule has 1 amide bonds. The van der Waals surface area contributed by atoms with E-state index in [4.69, 9.17) is 4.74 Å². The number of carbonyl (C=O) groups is 1. The van der Waals surface area contributed by atoms with Crippen LogP contribution >= 0.6 is 11.8 Å². The molecule has 2 saturated heterocycles. The van der Waals surface area contributed by atoms with Gasteiger partial charge in [0.1, 0.15) is 12.4 Å². The number of amides is 1. The van der Waals surface area contributed by atoms with Crippen molar-refractivity contribution in [1.82, 2.24) is 20.2 Å². The summed E-state index contributed by atoms with van der Waals surface area (Å²) < 4.78 is 6.10. The Bertz CT molecular complexity index is 610. The molecule has 2 fully saturated rings. The summed E-state index contributed by atoms with van der Waals surface area (Å²) in [5, 5.41) is 14.2. The molecule has 0 aromatic carbocycles. The minimum absolute atomic E-state index is 0.0300. The zero-order valence-corrected chi connectivity index (χ0v) is 16.3. The van der Waals surface area contributed by atoms with E-state index in [-0.39, 0.29) is 5.91 Å². The van der Waals surface area contributed by atoms with Crippen LogP contribution in [0.5, 0.6) is 0 Å². The van der Waals surface area contributed by atoms with E-state index in [1.165, 1.54) is 18.1 Å². The molecule has 8 heteroatoms. The van der Waals surface area contributed by atoms with Gasteiger partial charge in [0.2, 0.25) is 5.91 Å². The Hall–Kier alpha value is -1.22. The third-order valence-corrected chi connectivity index (χ3v) is 6.09. The van der Waals surface area contributed by atoms with E-state index in [0.717, 1.165) is 38.0 Å². The van der Waals surface area contributed by atoms with Crippen LogP contribution in [0.25, 0.3) is 0 Å². The van der Waals surface area contributed by atoms with E-state index >= 15 is 0 Å². The summed E-state index contributed by atoms with van der Waals surface area (Å²) in [6, 6.07) is 0. The van der Waals surface area contributed by atoms with Gasteiger partial charge in [-0.15, -0.1) is 0 Å². The van der Waals surface area contributed by atoms with Gasteiger partial charge in [-0.25, -0.2) is 9.97 Å². The lowest BCUT2D eigenvalue weighted by Gasteiger charge is -2.53. The highest BCUT2D eigenvalue weighted by Crippen LogP contribution is 2.40. The van der Waals surface area contributed by atoms with Crippen LogP contribution in [0.15, 0.2) is 18.7 Å². The van der Waals surface area contributed by atoms with Crippen LogP contribution < -0.4 is 5.32 Å². The summed E-state index contributed by atoms with van der Waals surface area (Å²) in [6.07, 6.45) is 8.51. The number of piperidine rings is 1. The van der Waals surface area contributed by atoms with Gasteiger partial charge in [0.05, 0.1) is 16.9 Å². The quantitative estimate of drug-likeness (QED) is 0.782. The zero-order valence-electron chi connectivity index (χ0n) is 15.5. The van der Waals surface area contributed by atoms with Gasteiger partial charge in [0.15, 0.2) is 0 Å². The van der Waals surface area contributed by atoms with Crippen molar-refractivity contribution < 1.29 is 14.6 Å². The Kier molecular flexibility index (Phi) is 6.17. The molecule has 3 heterocycles. The number of hydrogen-bond acceptors (Lipinski definition) is 7. The highest BCUT2D eigenvalue weighted by Gasteiger charge is 2.53. The maximum atomic E-state index is 12.1. The average molecular weight is 381 g/mol. The van der Waals surface area contributed by atoms with Gasteiger partial charge >= 0.3 is 0 Å². The summed E-state index contributed by atoms with van der Waals surface area (Å²) in [5.74, 6) is 0.376. The first-order valence-electron chi connectivity index (χ1n) is 9.06. The zero-order chi connectivity index (χ0) is 18.6. The molecule has 144 valence electrons. The Labute approximate surface area is 158 Å². The lowest BCUT2D eigenvalue weighted by Crippen LogP contribution is -2.69. The summed E-state index contributed by atoms with van der Waals surface area (Å²) in [5.41, 5.74) is -0.133. The second kappa shape index (κ2) is 8.21. The third-order valence-electron chi connectivity index (χ3n) is 5.54. The highest BCUT2D eigenvalue weighted by molar-refractivity contribution is 7.99. The first-order valence-corrected chi connectivity index (χ1v) is 10.4. The minimum atomic E-state index is -0.711. The van der Waals surface area contributed by atoms with Crippen molar-refractivity contribution in [3.8, 4) is 0 Å². The molecule has 3 rings (SSSR count). The molecule has 2 N–H and O–H groups in total. The summed E-state index contributed by atoms with van der Waals surface area (Å²) in [4.78, 5) is 22.5. The van der Waals surface area contributed by atoms with Gasteiger partial charge < -0.3 is 15.2 Å². The van der Waals surface area contributed by atoms with Crippen LogP contribution in [0.2, 0.25) is 0 Å². The van der Waals surface area contributed by atoms with E-state index in [1.807, 2.05) is 25.6 Å². The molecule has 1 spiro atoms. The van der Waals surface area contributed by atoms with Crippen LogP contribution in [0.3, 0.4) is 0 Å². The first kappa shape index (κ1) is 19.5. The molecule has 2 aliphatic heterocycles. The van der Waals surface area contributed by atoms with Crippen molar-refractivity contribution in [3.05, 3.63) is 24.3 Å². The SMILES string of the molecule is CSCC(=O)N[C@]1(C)CCOC2(CCN(Cc3cncnc3)CC2)[C@H]1O. The van der Waals surface area contributed by atoms with Gasteiger partial charge in [-0.1, -0.05) is 0 Å². The number of aliphatic hydroxyl groups excluding tert-OH is 1. The number of thioether (sulfide) groups is 1. The number of aliphatic hydroxyl groups is 1.